The monoisotopic (exact) mass is 299 g/mol. The van der Waals surface area contributed by atoms with E-state index in [1.165, 1.54) is 12.1 Å². The minimum Gasteiger partial charge on any atom is -0.315 e. The van der Waals surface area contributed by atoms with Crippen LogP contribution in [-0.4, -0.2) is 32.5 Å². The van der Waals surface area contributed by atoms with Gasteiger partial charge in [0.1, 0.15) is 0 Å². The van der Waals surface area contributed by atoms with Crippen molar-refractivity contribution in [3.8, 4) is 0 Å². The minimum absolute atomic E-state index is 0.0303. The lowest BCUT2D eigenvalue weighted by Gasteiger charge is -2.23. The zero-order valence-electron chi connectivity index (χ0n) is 11.1. The number of non-ortho nitro benzene ring substituents is 1. The molecule has 1 saturated heterocycles. The lowest BCUT2D eigenvalue weighted by atomic mass is 10.1. The average Bonchev–Trinajstić information content (AvgIpc) is 2.39. The summed E-state index contributed by atoms with van der Waals surface area (Å²) in [5, 5.41) is 13.9. The first-order valence-corrected chi connectivity index (χ1v) is 7.86. The van der Waals surface area contributed by atoms with E-state index in [4.69, 9.17) is 0 Å². The van der Waals surface area contributed by atoms with Crippen LogP contribution >= 0.6 is 0 Å². The van der Waals surface area contributed by atoms with Crippen molar-refractivity contribution >= 4 is 15.7 Å². The molecule has 1 heterocycles. The number of hydrogen-bond donors (Lipinski definition) is 2. The highest BCUT2D eigenvalue weighted by atomic mass is 32.2. The number of rotatable bonds is 4. The Morgan fingerprint density at radius 1 is 1.45 bits per heavy atom. The molecule has 1 aromatic rings. The average molecular weight is 299 g/mol. The van der Waals surface area contributed by atoms with E-state index < -0.39 is 14.9 Å². The Morgan fingerprint density at radius 2 is 2.20 bits per heavy atom. The number of hydrogen-bond acceptors (Lipinski definition) is 5. The molecule has 7 nitrogen and oxygen atoms in total. The molecule has 0 aromatic heterocycles. The van der Waals surface area contributed by atoms with Crippen LogP contribution in [0.15, 0.2) is 23.1 Å². The van der Waals surface area contributed by atoms with Crippen molar-refractivity contribution in [1.82, 2.24) is 10.0 Å². The molecule has 0 radical (unpaired) electrons. The minimum atomic E-state index is -3.74. The third-order valence-corrected chi connectivity index (χ3v) is 4.95. The molecule has 0 bridgehead atoms. The topological polar surface area (TPSA) is 101 Å². The standard InChI is InChI=1S/C12H17N3O4S/c1-9-4-5-11(15(16)17)7-12(9)20(18,19)14-10-3-2-6-13-8-10/h4-5,7,10,13-14H,2-3,6,8H2,1H3/t10-/m0/s1. The van der Waals surface area contributed by atoms with E-state index >= 15 is 0 Å². The van der Waals surface area contributed by atoms with Gasteiger partial charge in [-0.3, -0.25) is 10.1 Å². The van der Waals surface area contributed by atoms with Crippen LogP contribution in [0.25, 0.3) is 0 Å². The molecule has 1 aliphatic heterocycles. The van der Waals surface area contributed by atoms with E-state index in [2.05, 4.69) is 10.0 Å². The van der Waals surface area contributed by atoms with Crippen molar-refractivity contribution in [3.63, 3.8) is 0 Å². The predicted molar refractivity (Wildman–Crippen MR) is 74.0 cm³/mol. The molecule has 2 rings (SSSR count). The maximum atomic E-state index is 12.3. The van der Waals surface area contributed by atoms with Gasteiger partial charge in [0, 0.05) is 24.7 Å². The molecule has 1 aromatic carbocycles. The van der Waals surface area contributed by atoms with Crippen LogP contribution in [0.4, 0.5) is 5.69 Å². The fourth-order valence-corrected chi connectivity index (χ4v) is 3.76. The van der Waals surface area contributed by atoms with Crippen LogP contribution in [-0.2, 0) is 10.0 Å². The highest BCUT2D eigenvalue weighted by molar-refractivity contribution is 7.89. The van der Waals surface area contributed by atoms with E-state index in [1.54, 1.807) is 6.92 Å². The Labute approximate surface area is 117 Å². The summed E-state index contributed by atoms with van der Waals surface area (Å²) in [6.45, 7) is 3.08. The highest BCUT2D eigenvalue weighted by Crippen LogP contribution is 2.22. The Bertz CT molecular complexity index is 609. The SMILES string of the molecule is Cc1ccc([N+](=O)[O-])cc1S(=O)(=O)N[C@H]1CCCNC1. The molecule has 20 heavy (non-hydrogen) atoms. The third-order valence-electron chi connectivity index (χ3n) is 3.29. The molecule has 0 aliphatic carbocycles. The summed E-state index contributed by atoms with van der Waals surface area (Å²) < 4.78 is 27.3. The molecule has 0 unspecified atom stereocenters. The number of nitro groups is 1. The van der Waals surface area contributed by atoms with Crippen LogP contribution in [0.5, 0.6) is 0 Å². The Kier molecular flexibility index (Phi) is 4.36. The highest BCUT2D eigenvalue weighted by Gasteiger charge is 2.24. The Balaban J connectivity index is 2.28. The van der Waals surface area contributed by atoms with E-state index in [9.17, 15) is 18.5 Å². The maximum absolute atomic E-state index is 12.3. The lowest BCUT2D eigenvalue weighted by Crippen LogP contribution is -2.45. The fourth-order valence-electron chi connectivity index (χ4n) is 2.23. The van der Waals surface area contributed by atoms with Gasteiger partial charge in [0.05, 0.1) is 9.82 Å². The summed E-state index contributed by atoms with van der Waals surface area (Å²) in [7, 11) is -3.74. The molecular weight excluding hydrogens is 282 g/mol. The molecule has 1 aliphatic rings. The molecule has 1 fully saturated rings. The number of nitrogens with one attached hydrogen (secondary N) is 2. The number of nitro benzene ring substituents is 1. The van der Waals surface area contributed by atoms with Gasteiger partial charge in [0.25, 0.3) is 5.69 Å². The molecule has 1 atom stereocenters. The van der Waals surface area contributed by atoms with Gasteiger partial charge in [-0.05, 0) is 31.9 Å². The number of nitrogens with zero attached hydrogens (tertiary/aromatic N) is 1. The van der Waals surface area contributed by atoms with Gasteiger partial charge >= 0.3 is 0 Å². The molecular formula is C12H17N3O4S. The molecule has 110 valence electrons. The summed E-state index contributed by atoms with van der Waals surface area (Å²) in [6, 6.07) is 3.68. The van der Waals surface area contributed by atoms with Crippen LogP contribution in [0.3, 0.4) is 0 Å². The van der Waals surface area contributed by atoms with Crippen LogP contribution < -0.4 is 10.0 Å². The van der Waals surface area contributed by atoms with Crippen LogP contribution in [0.1, 0.15) is 18.4 Å². The maximum Gasteiger partial charge on any atom is 0.270 e. The largest absolute Gasteiger partial charge is 0.315 e. The molecule has 8 heteroatoms. The van der Waals surface area contributed by atoms with Gasteiger partial charge in [-0.25, -0.2) is 13.1 Å². The normalized spacial score (nSPS) is 19.8. The molecule has 0 saturated carbocycles. The third kappa shape index (κ3) is 3.33. The second-order valence-corrected chi connectivity index (χ2v) is 6.55. The smallest absolute Gasteiger partial charge is 0.270 e. The number of piperidine rings is 1. The first-order chi connectivity index (χ1) is 9.40. The second kappa shape index (κ2) is 5.86. The second-order valence-electron chi connectivity index (χ2n) is 4.87. The first-order valence-electron chi connectivity index (χ1n) is 6.38. The molecule has 2 N–H and O–H groups in total. The van der Waals surface area contributed by atoms with Crippen molar-refractivity contribution in [2.24, 2.45) is 0 Å². The summed E-state index contributed by atoms with van der Waals surface area (Å²) in [5.74, 6) is 0. The summed E-state index contributed by atoms with van der Waals surface area (Å²) in [4.78, 5) is 10.1. The quantitative estimate of drug-likeness (QED) is 0.636. The van der Waals surface area contributed by atoms with Crippen molar-refractivity contribution in [1.29, 1.82) is 0 Å². The predicted octanol–water partition coefficient (Wildman–Crippen LogP) is 0.934. The zero-order valence-corrected chi connectivity index (χ0v) is 11.9. The van der Waals surface area contributed by atoms with Crippen LogP contribution in [0, 0.1) is 17.0 Å². The van der Waals surface area contributed by atoms with Crippen molar-refractivity contribution in [2.45, 2.75) is 30.7 Å². The Hall–Kier alpha value is -1.51. The Morgan fingerprint density at radius 3 is 2.80 bits per heavy atom. The van der Waals surface area contributed by atoms with Crippen LogP contribution in [0.2, 0.25) is 0 Å². The van der Waals surface area contributed by atoms with Gasteiger partial charge < -0.3 is 5.32 Å². The summed E-state index contributed by atoms with van der Waals surface area (Å²) in [6.07, 6.45) is 1.67. The van der Waals surface area contributed by atoms with Gasteiger partial charge in [0.15, 0.2) is 0 Å². The van der Waals surface area contributed by atoms with Gasteiger partial charge in [0.2, 0.25) is 10.0 Å². The number of aryl methyl sites for hydroxylation is 1. The number of sulfonamides is 1. The van der Waals surface area contributed by atoms with E-state index in [1.807, 2.05) is 0 Å². The van der Waals surface area contributed by atoms with Gasteiger partial charge in [-0.1, -0.05) is 6.07 Å². The summed E-state index contributed by atoms with van der Waals surface area (Å²) >= 11 is 0. The lowest BCUT2D eigenvalue weighted by molar-refractivity contribution is -0.385. The molecule has 0 amide bonds. The number of benzene rings is 1. The van der Waals surface area contributed by atoms with Crippen molar-refractivity contribution in [3.05, 3.63) is 33.9 Å². The van der Waals surface area contributed by atoms with Gasteiger partial charge in [-0.15, -0.1) is 0 Å². The fraction of sp³-hybridized carbons (Fsp3) is 0.500. The van der Waals surface area contributed by atoms with E-state index in [0.717, 1.165) is 25.5 Å². The molecule has 0 spiro atoms. The summed E-state index contributed by atoms with van der Waals surface area (Å²) in [5.41, 5.74) is 0.268. The van der Waals surface area contributed by atoms with Crippen molar-refractivity contribution < 1.29 is 13.3 Å². The van der Waals surface area contributed by atoms with E-state index in [-0.39, 0.29) is 16.6 Å². The van der Waals surface area contributed by atoms with Gasteiger partial charge in [-0.2, -0.15) is 0 Å². The van der Waals surface area contributed by atoms with Crippen molar-refractivity contribution in [2.75, 3.05) is 13.1 Å². The van der Waals surface area contributed by atoms with E-state index in [0.29, 0.717) is 12.1 Å². The first kappa shape index (κ1) is 14.9. The zero-order chi connectivity index (χ0) is 14.8.